The Morgan fingerprint density at radius 2 is 2.17 bits per heavy atom. The Labute approximate surface area is 145 Å². The minimum absolute atomic E-state index is 0.465. The van der Waals surface area contributed by atoms with Crippen molar-refractivity contribution in [3.8, 4) is 0 Å². The number of carbonyl (C=O) groups excluding carboxylic acids is 1. The molecular weight excluding hydrogens is 324 g/mol. The van der Waals surface area contributed by atoms with Crippen molar-refractivity contribution in [2.75, 3.05) is 12.3 Å². The lowest BCUT2D eigenvalue weighted by atomic mass is 9.96. The van der Waals surface area contributed by atoms with E-state index in [1.807, 2.05) is 24.3 Å². The maximum atomic E-state index is 11.5. The highest BCUT2D eigenvalue weighted by Gasteiger charge is 2.19. The minimum Gasteiger partial charge on any atom is -0.397 e. The number of carbonyl (C=O) groups is 1. The van der Waals surface area contributed by atoms with Gasteiger partial charge in [0.2, 0.25) is 0 Å². The molecule has 2 aromatic rings. The molecule has 1 aliphatic heterocycles. The van der Waals surface area contributed by atoms with Crippen molar-refractivity contribution in [2.24, 2.45) is 4.36 Å². The highest BCUT2D eigenvalue weighted by molar-refractivity contribution is 7.47. The largest absolute Gasteiger partial charge is 0.397 e. The Morgan fingerprint density at radius 1 is 1.33 bits per heavy atom. The Hall–Kier alpha value is -2.35. The van der Waals surface area contributed by atoms with E-state index in [0.29, 0.717) is 16.9 Å². The molecule has 124 valence electrons. The van der Waals surface area contributed by atoms with Crippen LogP contribution in [0.3, 0.4) is 0 Å². The highest BCUT2D eigenvalue weighted by atomic mass is 32.1. The molecule has 1 heterocycles. The van der Waals surface area contributed by atoms with Crippen LogP contribution in [0.15, 0.2) is 40.8 Å². The number of nitrogens with zero attached hydrogens (tertiary/aromatic N) is 2. The number of nitrogens with two attached hydrogens (primary N) is 1. The first-order chi connectivity index (χ1) is 11.6. The van der Waals surface area contributed by atoms with Crippen molar-refractivity contribution < 1.29 is 10.0 Å². The SMILES string of the molecule is Nc1cccc(CN2CCc3cc(C(=O)NO)ccc3C2)c1N=S. The standard InChI is InChI=1S/C17H18N4O2S/c18-15-3-1-2-14(16(15)20-24)10-21-7-6-11-8-12(17(22)19-23)4-5-13(11)9-21/h1-5,8,23H,6-7,9-10,18H2,(H,19,22). The molecule has 0 aromatic heterocycles. The van der Waals surface area contributed by atoms with Crippen LogP contribution in [-0.4, -0.2) is 22.6 Å². The molecule has 24 heavy (non-hydrogen) atoms. The van der Waals surface area contributed by atoms with Crippen LogP contribution in [0.5, 0.6) is 0 Å². The third kappa shape index (κ3) is 3.28. The van der Waals surface area contributed by atoms with Gasteiger partial charge >= 0.3 is 0 Å². The number of anilines is 1. The molecule has 7 heteroatoms. The molecule has 0 atom stereocenters. The molecule has 0 saturated carbocycles. The van der Waals surface area contributed by atoms with E-state index in [4.69, 9.17) is 23.4 Å². The van der Waals surface area contributed by atoms with Crippen molar-refractivity contribution in [3.05, 3.63) is 58.7 Å². The normalized spacial score (nSPS) is 14.0. The Kier molecular flexibility index (Phi) is 4.84. The summed E-state index contributed by atoms with van der Waals surface area (Å²) in [6, 6.07) is 11.2. The van der Waals surface area contributed by atoms with Gasteiger partial charge in [0.15, 0.2) is 0 Å². The van der Waals surface area contributed by atoms with Crippen LogP contribution in [0.2, 0.25) is 0 Å². The first kappa shape index (κ1) is 16.5. The second kappa shape index (κ2) is 7.04. The number of hydrogen-bond donors (Lipinski definition) is 3. The summed E-state index contributed by atoms with van der Waals surface area (Å²) in [6.45, 7) is 2.36. The fourth-order valence-electron chi connectivity index (χ4n) is 3.04. The number of hydroxylamine groups is 1. The van der Waals surface area contributed by atoms with Crippen molar-refractivity contribution in [1.29, 1.82) is 0 Å². The van der Waals surface area contributed by atoms with Crippen LogP contribution in [0, 0.1) is 0 Å². The molecule has 0 fully saturated rings. The molecule has 3 rings (SSSR count). The molecule has 2 aromatic carbocycles. The Bertz CT molecular complexity index is 794. The summed E-state index contributed by atoms with van der Waals surface area (Å²) in [6.07, 6.45) is 0.838. The molecule has 0 radical (unpaired) electrons. The summed E-state index contributed by atoms with van der Waals surface area (Å²) in [5, 5.41) is 8.73. The molecule has 0 unspecified atom stereocenters. The number of amides is 1. The fraction of sp³-hybridized carbons (Fsp3) is 0.235. The van der Waals surface area contributed by atoms with Crippen molar-refractivity contribution >= 4 is 29.7 Å². The van der Waals surface area contributed by atoms with Gasteiger partial charge in [0, 0.05) is 37.6 Å². The predicted molar refractivity (Wildman–Crippen MR) is 93.8 cm³/mol. The lowest BCUT2D eigenvalue weighted by Gasteiger charge is -2.29. The van der Waals surface area contributed by atoms with E-state index in [1.165, 1.54) is 5.56 Å². The fourth-order valence-corrected chi connectivity index (χ4v) is 3.27. The van der Waals surface area contributed by atoms with Crippen LogP contribution in [-0.2, 0) is 31.9 Å². The molecule has 1 amide bonds. The summed E-state index contributed by atoms with van der Waals surface area (Å²) in [7, 11) is 0. The van der Waals surface area contributed by atoms with Crippen molar-refractivity contribution in [3.63, 3.8) is 0 Å². The van der Waals surface area contributed by atoms with Crippen molar-refractivity contribution in [2.45, 2.75) is 19.5 Å². The Balaban J connectivity index is 1.78. The van der Waals surface area contributed by atoms with Crippen LogP contribution in [0.25, 0.3) is 0 Å². The quantitative estimate of drug-likeness (QED) is 0.451. The van der Waals surface area contributed by atoms with E-state index in [-0.39, 0.29) is 0 Å². The third-order valence-corrected chi connectivity index (χ3v) is 4.48. The second-order valence-electron chi connectivity index (χ2n) is 5.83. The number of nitrogen functional groups attached to an aromatic ring is 1. The van der Waals surface area contributed by atoms with Crippen LogP contribution in [0.4, 0.5) is 11.4 Å². The molecule has 0 bridgehead atoms. The van der Waals surface area contributed by atoms with Gasteiger partial charge in [0.25, 0.3) is 5.91 Å². The van der Waals surface area contributed by atoms with E-state index in [2.05, 4.69) is 9.26 Å². The van der Waals surface area contributed by atoms with E-state index in [1.54, 1.807) is 17.6 Å². The molecule has 0 aliphatic carbocycles. The zero-order valence-electron chi connectivity index (χ0n) is 13.0. The van der Waals surface area contributed by atoms with E-state index < -0.39 is 5.91 Å². The average Bonchev–Trinajstić information content (AvgIpc) is 2.61. The van der Waals surface area contributed by atoms with E-state index in [0.717, 1.165) is 37.2 Å². The zero-order valence-corrected chi connectivity index (χ0v) is 13.8. The molecule has 0 saturated heterocycles. The topological polar surface area (TPSA) is 91.0 Å². The molecule has 6 nitrogen and oxygen atoms in total. The lowest BCUT2D eigenvalue weighted by Crippen LogP contribution is -2.30. The lowest BCUT2D eigenvalue weighted by molar-refractivity contribution is 0.0706. The smallest absolute Gasteiger partial charge is 0.274 e. The van der Waals surface area contributed by atoms with Gasteiger partial charge < -0.3 is 5.73 Å². The summed E-state index contributed by atoms with van der Waals surface area (Å²) in [4.78, 5) is 13.8. The number of hydrogen-bond acceptors (Lipinski definition) is 6. The number of benzene rings is 2. The summed E-state index contributed by atoms with van der Waals surface area (Å²) in [5.74, 6) is -0.489. The second-order valence-corrected chi connectivity index (χ2v) is 6.01. The summed E-state index contributed by atoms with van der Waals surface area (Å²) >= 11 is 4.84. The Morgan fingerprint density at radius 3 is 2.92 bits per heavy atom. The predicted octanol–water partition coefficient (Wildman–Crippen LogP) is 2.31. The third-order valence-electron chi connectivity index (χ3n) is 4.30. The molecule has 4 N–H and O–H groups in total. The van der Waals surface area contributed by atoms with Crippen LogP contribution in [0.1, 0.15) is 27.0 Å². The van der Waals surface area contributed by atoms with Gasteiger partial charge in [-0.15, -0.1) is 0 Å². The maximum Gasteiger partial charge on any atom is 0.274 e. The van der Waals surface area contributed by atoms with Crippen LogP contribution >= 0.6 is 0 Å². The minimum atomic E-state index is -0.489. The van der Waals surface area contributed by atoms with Gasteiger partial charge in [0.1, 0.15) is 5.69 Å². The van der Waals surface area contributed by atoms with Gasteiger partial charge in [-0.1, -0.05) is 18.2 Å². The molecule has 0 spiro atoms. The maximum absolute atomic E-state index is 11.5. The number of rotatable bonds is 4. The first-order valence-corrected chi connectivity index (χ1v) is 7.98. The van der Waals surface area contributed by atoms with Gasteiger partial charge in [-0.05, 0) is 41.3 Å². The summed E-state index contributed by atoms with van der Waals surface area (Å²) in [5.41, 5.74) is 12.7. The number of nitrogens with one attached hydrogen (secondary N) is 1. The average molecular weight is 342 g/mol. The van der Waals surface area contributed by atoms with E-state index in [9.17, 15) is 4.79 Å². The van der Waals surface area contributed by atoms with Crippen molar-refractivity contribution in [1.82, 2.24) is 10.4 Å². The van der Waals surface area contributed by atoms with Gasteiger partial charge in [0.05, 0.1) is 5.69 Å². The van der Waals surface area contributed by atoms with Gasteiger partial charge in [-0.25, -0.2) is 5.48 Å². The molecular formula is C17H18N4O2S. The monoisotopic (exact) mass is 342 g/mol. The number of fused-ring (bicyclic) bond motifs is 1. The van der Waals surface area contributed by atoms with Gasteiger partial charge in [-0.3, -0.25) is 14.9 Å². The first-order valence-electron chi connectivity index (χ1n) is 7.61. The van der Waals surface area contributed by atoms with Gasteiger partial charge in [-0.2, -0.15) is 4.36 Å². The highest BCUT2D eigenvalue weighted by Crippen LogP contribution is 2.29. The summed E-state index contributed by atoms with van der Waals surface area (Å²) < 4.78 is 3.88. The molecule has 1 aliphatic rings. The van der Waals surface area contributed by atoms with E-state index >= 15 is 0 Å². The van der Waals surface area contributed by atoms with Crippen LogP contribution < -0.4 is 11.2 Å². The zero-order chi connectivity index (χ0) is 17.1.